The Morgan fingerprint density at radius 3 is 3.07 bits per heavy atom. The van der Waals surface area contributed by atoms with Gasteiger partial charge in [-0.25, -0.2) is 0 Å². The maximum Gasteiger partial charge on any atom is 0.236 e. The van der Waals surface area contributed by atoms with E-state index >= 15 is 0 Å². The normalized spacial score (nSPS) is 25.8. The van der Waals surface area contributed by atoms with Crippen LogP contribution in [0.3, 0.4) is 0 Å². The van der Waals surface area contributed by atoms with Gasteiger partial charge in [0.1, 0.15) is 0 Å². The maximum atomic E-state index is 11.3. The number of hydrogen-bond acceptors (Lipinski definition) is 4. The first-order chi connectivity index (χ1) is 6.69. The van der Waals surface area contributed by atoms with Crippen LogP contribution in [0, 0.1) is 0 Å². The fourth-order valence-electron chi connectivity index (χ4n) is 1.58. The zero-order valence-electron chi connectivity index (χ0n) is 8.69. The summed E-state index contributed by atoms with van der Waals surface area (Å²) in [6.07, 6.45) is -0.157. The minimum absolute atomic E-state index is 0.00332. The largest absolute Gasteiger partial charge is 0.394 e. The summed E-state index contributed by atoms with van der Waals surface area (Å²) in [4.78, 5) is 13.4. The van der Waals surface area contributed by atoms with Crippen LogP contribution < -0.4 is 5.32 Å². The van der Waals surface area contributed by atoms with E-state index in [9.17, 15) is 4.79 Å². The van der Waals surface area contributed by atoms with Crippen molar-refractivity contribution in [2.75, 3.05) is 33.4 Å². The summed E-state index contributed by atoms with van der Waals surface area (Å²) in [7, 11) is 1.63. The molecule has 5 nitrogen and oxygen atoms in total. The number of aliphatic hydroxyl groups excluding tert-OH is 1. The van der Waals surface area contributed by atoms with Crippen molar-refractivity contribution in [2.45, 2.75) is 19.1 Å². The summed E-state index contributed by atoms with van der Waals surface area (Å²) in [5.41, 5.74) is 0. The highest BCUT2D eigenvalue weighted by Gasteiger charge is 2.26. The third-order valence-electron chi connectivity index (χ3n) is 2.55. The van der Waals surface area contributed by atoms with Gasteiger partial charge in [0.15, 0.2) is 0 Å². The molecule has 0 aromatic heterocycles. The quantitative estimate of drug-likeness (QED) is 0.604. The Labute approximate surface area is 84.0 Å². The lowest BCUT2D eigenvalue weighted by Gasteiger charge is -2.35. The van der Waals surface area contributed by atoms with Crippen molar-refractivity contribution in [1.29, 1.82) is 0 Å². The summed E-state index contributed by atoms with van der Waals surface area (Å²) >= 11 is 0. The molecule has 82 valence electrons. The number of morpholine rings is 1. The van der Waals surface area contributed by atoms with Crippen molar-refractivity contribution in [2.24, 2.45) is 0 Å². The van der Waals surface area contributed by atoms with Gasteiger partial charge in [-0.05, 0) is 6.92 Å². The Hall–Kier alpha value is -0.650. The van der Waals surface area contributed by atoms with Gasteiger partial charge < -0.3 is 15.2 Å². The van der Waals surface area contributed by atoms with E-state index < -0.39 is 0 Å². The summed E-state index contributed by atoms with van der Waals surface area (Å²) in [5.74, 6) is 0.00332. The molecule has 0 aromatic carbocycles. The molecule has 2 unspecified atom stereocenters. The van der Waals surface area contributed by atoms with Gasteiger partial charge in [0, 0.05) is 20.1 Å². The lowest BCUT2D eigenvalue weighted by molar-refractivity contribution is -0.129. The number of hydrogen-bond donors (Lipinski definition) is 2. The van der Waals surface area contributed by atoms with E-state index in [-0.39, 0.29) is 24.7 Å². The van der Waals surface area contributed by atoms with Crippen molar-refractivity contribution in [3.63, 3.8) is 0 Å². The van der Waals surface area contributed by atoms with Gasteiger partial charge in [0.25, 0.3) is 0 Å². The van der Waals surface area contributed by atoms with E-state index in [1.165, 1.54) is 0 Å². The maximum absolute atomic E-state index is 11.3. The molecular weight excluding hydrogens is 184 g/mol. The number of amides is 1. The van der Waals surface area contributed by atoms with Crippen LogP contribution in [0.4, 0.5) is 0 Å². The van der Waals surface area contributed by atoms with Gasteiger partial charge in [-0.2, -0.15) is 0 Å². The smallest absolute Gasteiger partial charge is 0.236 e. The molecule has 0 spiro atoms. The lowest BCUT2D eigenvalue weighted by Crippen LogP contribution is -2.52. The Kier molecular flexibility index (Phi) is 4.31. The number of nitrogens with one attached hydrogen (secondary N) is 1. The third kappa shape index (κ3) is 2.67. The topological polar surface area (TPSA) is 61.8 Å². The molecule has 1 aliphatic rings. The number of carbonyl (C=O) groups excluding carboxylic acids is 1. The molecule has 1 fully saturated rings. The Morgan fingerprint density at radius 2 is 2.50 bits per heavy atom. The van der Waals surface area contributed by atoms with Crippen LogP contribution in [0.2, 0.25) is 0 Å². The predicted octanol–water partition coefficient (Wildman–Crippen LogP) is -1.19. The van der Waals surface area contributed by atoms with Gasteiger partial charge in [0.05, 0.1) is 25.4 Å². The number of rotatable bonds is 3. The third-order valence-corrected chi connectivity index (χ3v) is 2.55. The van der Waals surface area contributed by atoms with Crippen LogP contribution in [0.15, 0.2) is 0 Å². The molecule has 0 radical (unpaired) electrons. The van der Waals surface area contributed by atoms with Gasteiger partial charge in [-0.15, -0.1) is 0 Å². The molecule has 0 aromatic rings. The van der Waals surface area contributed by atoms with Gasteiger partial charge in [-0.3, -0.25) is 9.69 Å². The van der Waals surface area contributed by atoms with Crippen LogP contribution in [-0.4, -0.2) is 61.4 Å². The summed E-state index contributed by atoms with van der Waals surface area (Å²) in [6, 6.07) is -0.155. The standard InChI is InChI=1S/C9H18N2O3/c1-7(9(13)10-2)11-3-4-14-8(5-11)6-12/h7-8,12H,3-6H2,1-2H3,(H,10,13). The molecule has 1 saturated heterocycles. The average Bonchev–Trinajstić information content (AvgIpc) is 2.27. The van der Waals surface area contributed by atoms with Crippen molar-refractivity contribution in [1.82, 2.24) is 10.2 Å². The highest BCUT2D eigenvalue weighted by molar-refractivity contribution is 5.80. The molecule has 1 amide bonds. The summed E-state index contributed by atoms with van der Waals surface area (Å²) in [6.45, 7) is 3.80. The minimum Gasteiger partial charge on any atom is -0.394 e. The van der Waals surface area contributed by atoms with Crippen molar-refractivity contribution >= 4 is 5.91 Å². The van der Waals surface area contributed by atoms with Crippen LogP contribution in [0.5, 0.6) is 0 Å². The number of carbonyl (C=O) groups is 1. The molecule has 0 saturated carbocycles. The van der Waals surface area contributed by atoms with Crippen LogP contribution >= 0.6 is 0 Å². The van der Waals surface area contributed by atoms with E-state index in [1.54, 1.807) is 7.05 Å². The lowest BCUT2D eigenvalue weighted by atomic mass is 10.2. The first kappa shape index (κ1) is 11.4. The Balaban J connectivity index is 2.46. The zero-order chi connectivity index (χ0) is 10.6. The first-order valence-corrected chi connectivity index (χ1v) is 4.87. The second kappa shape index (κ2) is 5.29. The highest BCUT2D eigenvalue weighted by atomic mass is 16.5. The highest BCUT2D eigenvalue weighted by Crippen LogP contribution is 2.08. The zero-order valence-corrected chi connectivity index (χ0v) is 8.69. The van der Waals surface area contributed by atoms with Gasteiger partial charge in [-0.1, -0.05) is 0 Å². The van der Waals surface area contributed by atoms with Crippen LogP contribution in [0.1, 0.15) is 6.92 Å². The minimum atomic E-state index is -0.157. The summed E-state index contributed by atoms with van der Waals surface area (Å²) in [5, 5.41) is 11.5. The molecule has 1 rings (SSSR count). The molecule has 2 atom stereocenters. The average molecular weight is 202 g/mol. The number of likely N-dealkylation sites (N-methyl/N-ethyl adjacent to an activating group) is 1. The molecule has 0 bridgehead atoms. The SMILES string of the molecule is CNC(=O)C(C)N1CCOC(CO)C1. The molecular formula is C9H18N2O3. The van der Waals surface area contributed by atoms with Gasteiger partial charge in [0.2, 0.25) is 5.91 Å². The van der Waals surface area contributed by atoms with Gasteiger partial charge >= 0.3 is 0 Å². The summed E-state index contributed by atoms with van der Waals surface area (Å²) < 4.78 is 5.30. The van der Waals surface area contributed by atoms with Crippen LogP contribution in [0.25, 0.3) is 0 Å². The van der Waals surface area contributed by atoms with Crippen molar-refractivity contribution < 1.29 is 14.6 Å². The number of ether oxygens (including phenoxy) is 1. The fraction of sp³-hybridized carbons (Fsp3) is 0.889. The number of nitrogens with zero attached hydrogens (tertiary/aromatic N) is 1. The van der Waals surface area contributed by atoms with E-state index in [0.717, 1.165) is 6.54 Å². The van der Waals surface area contributed by atoms with E-state index in [0.29, 0.717) is 13.2 Å². The predicted molar refractivity (Wildman–Crippen MR) is 51.9 cm³/mol. The molecule has 5 heteroatoms. The second-order valence-electron chi connectivity index (χ2n) is 3.46. The Morgan fingerprint density at radius 1 is 1.79 bits per heavy atom. The van der Waals surface area contributed by atoms with E-state index in [2.05, 4.69) is 5.32 Å². The molecule has 14 heavy (non-hydrogen) atoms. The monoisotopic (exact) mass is 202 g/mol. The molecule has 1 aliphatic heterocycles. The van der Waals surface area contributed by atoms with Crippen molar-refractivity contribution in [3.05, 3.63) is 0 Å². The number of aliphatic hydroxyl groups is 1. The Bertz CT molecular complexity index is 198. The second-order valence-corrected chi connectivity index (χ2v) is 3.46. The fourth-order valence-corrected chi connectivity index (χ4v) is 1.58. The van der Waals surface area contributed by atoms with E-state index in [1.807, 2.05) is 11.8 Å². The molecule has 1 heterocycles. The molecule has 0 aliphatic carbocycles. The van der Waals surface area contributed by atoms with Crippen LogP contribution in [-0.2, 0) is 9.53 Å². The molecule has 2 N–H and O–H groups in total. The van der Waals surface area contributed by atoms with E-state index in [4.69, 9.17) is 9.84 Å². The van der Waals surface area contributed by atoms with Crippen molar-refractivity contribution in [3.8, 4) is 0 Å². The first-order valence-electron chi connectivity index (χ1n) is 4.87.